The summed E-state index contributed by atoms with van der Waals surface area (Å²) < 4.78 is 39.7. The van der Waals surface area contributed by atoms with Crippen molar-refractivity contribution in [3.05, 3.63) is 42.0 Å². The Balaban J connectivity index is 1.55. The minimum Gasteiger partial charge on any atom is -0.369 e. The molecule has 1 fully saturated rings. The Kier molecular flexibility index (Phi) is 5.67. The molecule has 0 saturated carbocycles. The van der Waals surface area contributed by atoms with Crippen LogP contribution in [-0.4, -0.2) is 44.6 Å². The number of halogens is 1. The zero-order valence-electron chi connectivity index (χ0n) is 14.6. The lowest BCUT2D eigenvalue weighted by Gasteiger charge is -2.17. The van der Waals surface area contributed by atoms with Crippen molar-refractivity contribution in [1.82, 2.24) is 14.7 Å². The number of nitrogens with zero attached hydrogens (tertiary/aromatic N) is 3. The summed E-state index contributed by atoms with van der Waals surface area (Å²) >= 11 is 0. The zero-order valence-corrected chi connectivity index (χ0v) is 15.4. The van der Waals surface area contributed by atoms with Gasteiger partial charge in [-0.1, -0.05) is 0 Å². The Hall–Kier alpha value is -2.26. The van der Waals surface area contributed by atoms with Gasteiger partial charge in [-0.3, -0.25) is 0 Å². The molecule has 1 saturated heterocycles. The Bertz CT molecular complexity index is 852. The van der Waals surface area contributed by atoms with Gasteiger partial charge in [-0.15, -0.1) is 0 Å². The number of rotatable bonds is 7. The van der Waals surface area contributed by atoms with E-state index in [-0.39, 0.29) is 11.4 Å². The van der Waals surface area contributed by atoms with E-state index < -0.39 is 15.8 Å². The van der Waals surface area contributed by atoms with Gasteiger partial charge in [0.1, 0.15) is 23.3 Å². The third-order valence-corrected chi connectivity index (χ3v) is 5.58. The van der Waals surface area contributed by atoms with Gasteiger partial charge in [0.15, 0.2) is 0 Å². The van der Waals surface area contributed by atoms with Gasteiger partial charge in [-0.25, -0.2) is 27.5 Å². The lowest BCUT2D eigenvalue weighted by atomic mass is 10.4. The highest BCUT2D eigenvalue weighted by Gasteiger charge is 2.15. The highest BCUT2D eigenvalue weighted by atomic mass is 32.2. The Morgan fingerprint density at radius 2 is 1.81 bits per heavy atom. The first-order valence-electron chi connectivity index (χ1n) is 8.54. The van der Waals surface area contributed by atoms with Gasteiger partial charge in [0, 0.05) is 32.2 Å². The Morgan fingerprint density at radius 1 is 1.12 bits per heavy atom. The fourth-order valence-electron chi connectivity index (χ4n) is 2.82. The average molecular weight is 379 g/mol. The molecule has 1 aliphatic heterocycles. The lowest BCUT2D eigenvalue weighted by Crippen LogP contribution is -2.29. The third kappa shape index (κ3) is 4.67. The van der Waals surface area contributed by atoms with E-state index >= 15 is 0 Å². The summed E-state index contributed by atoms with van der Waals surface area (Å²) in [5, 5.41) is 3.12. The molecule has 2 aromatic rings. The Morgan fingerprint density at radius 3 is 2.50 bits per heavy atom. The smallest absolute Gasteiger partial charge is 0.240 e. The molecule has 1 aromatic carbocycles. The number of nitrogens with one attached hydrogen (secondary N) is 2. The molecule has 3 rings (SSSR count). The molecule has 1 aliphatic rings. The van der Waals surface area contributed by atoms with Crippen molar-refractivity contribution < 1.29 is 12.8 Å². The summed E-state index contributed by atoms with van der Waals surface area (Å²) in [6.07, 6.45) is 2.33. The summed E-state index contributed by atoms with van der Waals surface area (Å²) in [7, 11) is -3.66. The normalized spacial score (nSPS) is 14.6. The zero-order chi connectivity index (χ0) is 18.6. The molecule has 0 radical (unpaired) electrons. The first-order valence-corrected chi connectivity index (χ1v) is 10.0. The number of hydrogen-bond acceptors (Lipinski definition) is 6. The summed E-state index contributed by atoms with van der Waals surface area (Å²) in [5.74, 6) is 1.76. The molecule has 0 aliphatic carbocycles. The maximum absolute atomic E-state index is 12.9. The van der Waals surface area contributed by atoms with Crippen LogP contribution in [0.5, 0.6) is 0 Å². The first-order chi connectivity index (χ1) is 12.4. The Labute approximate surface area is 152 Å². The molecule has 2 N–H and O–H groups in total. The third-order valence-electron chi connectivity index (χ3n) is 4.10. The number of sulfonamides is 1. The predicted molar refractivity (Wildman–Crippen MR) is 98.3 cm³/mol. The highest BCUT2D eigenvalue weighted by molar-refractivity contribution is 7.89. The van der Waals surface area contributed by atoms with E-state index in [1.165, 1.54) is 12.1 Å². The minimum atomic E-state index is -3.66. The fourth-order valence-corrected chi connectivity index (χ4v) is 3.86. The standard InChI is InChI=1S/C17H22FN5O2S/c1-13-21-16(12-17(22-13)23-10-2-3-11-23)19-8-9-20-26(24,25)15-6-4-14(18)5-7-15/h4-7,12,20H,2-3,8-11H2,1H3,(H,19,21,22). The van der Waals surface area contributed by atoms with Crippen molar-refractivity contribution in [3.8, 4) is 0 Å². The van der Waals surface area contributed by atoms with Gasteiger partial charge >= 0.3 is 0 Å². The highest BCUT2D eigenvalue weighted by Crippen LogP contribution is 2.20. The van der Waals surface area contributed by atoms with Crippen molar-refractivity contribution in [2.75, 3.05) is 36.4 Å². The van der Waals surface area contributed by atoms with Gasteiger partial charge in [0.25, 0.3) is 0 Å². The summed E-state index contributed by atoms with van der Waals surface area (Å²) in [6, 6.07) is 6.60. The van der Waals surface area contributed by atoms with E-state index in [1.807, 2.05) is 13.0 Å². The number of aromatic nitrogens is 2. The topological polar surface area (TPSA) is 87.2 Å². The van der Waals surface area contributed by atoms with E-state index in [2.05, 4.69) is 24.9 Å². The monoisotopic (exact) mass is 379 g/mol. The molecular weight excluding hydrogens is 357 g/mol. The van der Waals surface area contributed by atoms with Crippen molar-refractivity contribution in [1.29, 1.82) is 0 Å². The molecule has 0 bridgehead atoms. The number of benzene rings is 1. The molecule has 0 atom stereocenters. The summed E-state index contributed by atoms with van der Waals surface area (Å²) in [5.41, 5.74) is 0. The lowest BCUT2D eigenvalue weighted by molar-refractivity contribution is 0.582. The van der Waals surface area contributed by atoms with Gasteiger partial charge in [-0.2, -0.15) is 0 Å². The van der Waals surface area contributed by atoms with E-state index in [0.29, 0.717) is 18.2 Å². The van der Waals surface area contributed by atoms with Gasteiger partial charge in [0.05, 0.1) is 4.90 Å². The molecular formula is C17H22FN5O2S. The van der Waals surface area contributed by atoms with Crippen molar-refractivity contribution in [2.45, 2.75) is 24.7 Å². The van der Waals surface area contributed by atoms with Crippen LogP contribution in [0.3, 0.4) is 0 Å². The molecule has 2 heterocycles. The largest absolute Gasteiger partial charge is 0.369 e. The van der Waals surface area contributed by atoms with E-state index in [9.17, 15) is 12.8 Å². The van der Waals surface area contributed by atoms with Crippen LogP contribution < -0.4 is 14.9 Å². The number of anilines is 2. The molecule has 0 spiro atoms. The van der Waals surface area contributed by atoms with Gasteiger partial charge in [-0.05, 0) is 44.0 Å². The minimum absolute atomic E-state index is 0.0353. The van der Waals surface area contributed by atoms with E-state index in [1.54, 1.807) is 0 Å². The van der Waals surface area contributed by atoms with Crippen molar-refractivity contribution in [3.63, 3.8) is 0 Å². The molecule has 9 heteroatoms. The number of aryl methyl sites for hydroxylation is 1. The van der Waals surface area contributed by atoms with Crippen LogP contribution in [0.15, 0.2) is 35.2 Å². The second-order valence-electron chi connectivity index (χ2n) is 6.13. The molecule has 140 valence electrons. The SMILES string of the molecule is Cc1nc(NCCNS(=O)(=O)c2ccc(F)cc2)cc(N2CCCC2)n1. The first kappa shape index (κ1) is 18.5. The second kappa shape index (κ2) is 7.96. The van der Waals surface area contributed by atoms with E-state index in [0.717, 1.165) is 43.9 Å². The van der Waals surface area contributed by atoms with E-state index in [4.69, 9.17) is 0 Å². The van der Waals surface area contributed by atoms with Crippen LogP contribution in [-0.2, 0) is 10.0 Å². The number of hydrogen-bond donors (Lipinski definition) is 2. The summed E-state index contributed by atoms with van der Waals surface area (Å²) in [6.45, 7) is 4.38. The predicted octanol–water partition coefficient (Wildman–Crippen LogP) is 1.91. The van der Waals surface area contributed by atoms with Crippen LogP contribution in [0.4, 0.5) is 16.0 Å². The maximum Gasteiger partial charge on any atom is 0.240 e. The van der Waals surface area contributed by atoms with Crippen molar-refractivity contribution >= 4 is 21.7 Å². The van der Waals surface area contributed by atoms with Gasteiger partial charge < -0.3 is 10.2 Å². The molecule has 7 nitrogen and oxygen atoms in total. The molecule has 0 unspecified atom stereocenters. The van der Waals surface area contributed by atoms with Crippen LogP contribution in [0, 0.1) is 12.7 Å². The van der Waals surface area contributed by atoms with Crippen molar-refractivity contribution in [2.24, 2.45) is 0 Å². The quantitative estimate of drug-likeness (QED) is 0.715. The fraction of sp³-hybridized carbons (Fsp3) is 0.412. The van der Waals surface area contributed by atoms with Crippen LogP contribution in [0.2, 0.25) is 0 Å². The molecule has 0 amide bonds. The van der Waals surface area contributed by atoms with Gasteiger partial charge in [0.2, 0.25) is 10.0 Å². The van der Waals surface area contributed by atoms with Crippen LogP contribution in [0.1, 0.15) is 18.7 Å². The van der Waals surface area contributed by atoms with Crippen LogP contribution >= 0.6 is 0 Å². The second-order valence-corrected chi connectivity index (χ2v) is 7.90. The molecule has 26 heavy (non-hydrogen) atoms. The summed E-state index contributed by atoms with van der Waals surface area (Å²) in [4.78, 5) is 11.1. The molecule has 1 aromatic heterocycles. The average Bonchev–Trinajstić information content (AvgIpc) is 3.13. The van der Waals surface area contributed by atoms with Crippen LogP contribution in [0.25, 0.3) is 0 Å². The maximum atomic E-state index is 12.9.